The molecule has 0 aromatic heterocycles. The van der Waals surface area contributed by atoms with Crippen LogP contribution >= 0.6 is 0 Å². The fourth-order valence-corrected chi connectivity index (χ4v) is 2.91. The number of allylic oxidation sites excluding steroid dienone is 2. The van der Waals surface area contributed by atoms with Crippen molar-refractivity contribution in [1.29, 1.82) is 0 Å². The van der Waals surface area contributed by atoms with E-state index in [2.05, 4.69) is 10.6 Å². The van der Waals surface area contributed by atoms with E-state index in [0.29, 0.717) is 10.5 Å². The highest BCUT2D eigenvalue weighted by atomic mass is 19.4. The molecule has 1 heterocycles. The molecule has 2 N–H and O–H groups in total. The van der Waals surface area contributed by atoms with Crippen molar-refractivity contribution >= 4 is 29.6 Å². The number of imide groups is 1. The van der Waals surface area contributed by atoms with Crippen LogP contribution < -0.4 is 10.6 Å². The fourth-order valence-electron chi connectivity index (χ4n) is 2.91. The van der Waals surface area contributed by atoms with Crippen molar-refractivity contribution in [2.45, 2.75) is 13.1 Å². The molecule has 31 heavy (non-hydrogen) atoms. The molecule has 0 spiro atoms. The van der Waals surface area contributed by atoms with Crippen LogP contribution in [-0.2, 0) is 15.8 Å². The molecule has 3 rings (SSSR count). The summed E-state index contributed by atoms with van der Waals surface area (Å²) in [6.07, 6.45) is -1.26. The lowest BCUT2D eigenvalue weighted by Gasteiger charge is -2.13. The summed E-state index contributed by atoms with van der Waals surface area (Å²) >= 11 is 0. The highest BCUT2D eigenvalue weighted by molar-refractivity contribution is 6.14. The standard InChI is InChI=1S/C22H18F3N3O3/c1-14(10-15-6-3-2-4-7-15)11-18-20(30)28(21(31)27-18)13-19(29)26-17-9-5-8-16(12-17)22(23,24)25/h2-12H,13H2,1H3,(H,26,29)(H,27,31)/b14-10+,18-11-. The van der Waals surface area contributed by atoms with Crippen LogP contribution in [-0.4, -0.2) is 29.3 Å². The number of nitrogens with one attached hydrogen (secondary N) is 2. The number of hydrogen-bond donors (Lipinski definition) is 2. The quantitative estimate of drug-likeness (QED) is 0.553. The van der Waals surface area contributed by atoms with Gasteiger partial charge in [-0.2, -0.15) is 13.2 Å². The molecular weight excluding hydrogens is 411 g/mol. The number of amides is 4. The number of urea groups is 1. The topological polar surface area (TPSA) is 78.5 Å². The van der Waals surface area contributed by atoms with Crippen molar-refractivity contribution < 1.29 is 27.6 Å². The van der Waals surface area contributed by atoms with Crippen LogP contribution in [0.25, 0.3) is 6.08 Å². The van der Waals surface area contributed by atoms with E-state index in [1.54, 1.807) is 6.92 Å². The predicted octanol–water partition coefficient (Wildman–Crippen LogP) is 4.18. The van der Waals surface area contributed by atoms with Gasteiger partial charge in [0.05, 0.1) is 5.56 Å². The SMILES string of the molecule is CC(/C=C1\NC(=O)N(CC(=O)Nc2cccc(C(F)(F)F)c2)C1=O)=C\c1ccccc1. The summed E-state index contributed by atoms with van der Waals surface area (Å²) in [7, 11) is 0. The molecule has 1 saturated heterocycles. The molecule has 1 fully saturated rings. The molecule has 1 aliphatic heterocycles. The Morgan fingerprint density at radius 3 is 2.48 bits per heavy atom. The Morgan fingerprint density at radius 2 is 1.81 bits per heavy atom. The van der Waals surface area contributed by atoms with E-state index in [-0.39, 0.29) is 11.4 Å². The van der Waals surface area contributed by atoms with Gasteiger partial charge < -0.3 is 10.6 Å². The van der Waals surface area contributed by atoms with Gasteiger partial charge in [0.2, 0.25) is 5.91 Å². The lowest BCUT2D eigenvalue weighted by Crippen LogP contribution is -2.38. The molecule has 4 amide bonds. The first-order chi connectivity index (χ1) is 14.6. The molecular formula is C22H18F3N3O3. The largest absolute Gasteiger partial charge is 0.416 e. The molecule has 160 valence electrons. The number of anilines is 1. The Hall–Kier alpha value is -3.88. The molecule has 1 aliphatic rings. The van der Waals surface area contributed by atoms with Crippen LogP contribution in [0.15, 0.2) is 71.9 Å². The Labute approximate surface area is 176 Å². The van der Waals surface area contributed by atoms with Gasteiger partial charge in [0, 0.05) is 5.69 Å². The summed E-state index contributed by atoms with van der Waals surface area (Å²) in [6, 6.07) is 12.6. The normalized spacial score (nSPS) is 15.9. The summed E-state index contributed by atoms with van der Waals surface area (Å²) in [5.41, 5.74) is 0.591. The minimum Gasteiger partial charge on any atom is -0.325 e. The Bertz CT molecular complexity index is 1080. The summed E-state index contributed by atoms with van der Waals surface area (Å²) in [4.78, 5) is 37.5. The molecule has 0 aliphatic carbocycles. The molecule has 6 nitrogen and oxygen atoms in total. The average Bonchev–Trinajstić information content (AvgIpc) is 2.95. The van der Waals surface area contributed by atoms with Gasteiger partial charge in [-0.1, -0.05) is 42.5 Å². The van der Waals surface area contributed by atoms with E-state index in [9.17, 15) is 27.6 Å². The zero-order chi connectivity index (χ0) is 22.6. The van der Waals surface area contributed by atoms with Crippen molar-refractivity contribution in [1.82, 2.24) is 10.2 Å². The monoisotopic (exact) mass is 429 g/mol. The van der Waals surface area contributed by atoms with E-state index < -0.39 is 36.1 Å². The van der Waals surface area contributed by atoms with Crippen LogP contribution in [0, 0.1) is 0 Å². The van der Waals surface area contributed by atoms with E-state index in [1.165, 1.54) is 12.1 Å². The Morgan fingerprint density at radius 1 is 1.10 bits per heavy atom. The average molecular weight is 429 g/mol. The summed E-state index contributed by atoms with van der Waals surface area (Å²) < 4.78 is 38.4. The molecule has 0 unspecified atom stereocenters. The van der Waals surface area contributed by atoms with Gasteiger partial charge in [-0.25, -0.2) is 9.69 Å². The molecule has 2 aromatic rings. The lowest BCUT2D eigenvalue weighted by atomic mass is 10.1. The molecule has 0 saturated carbocycles. The zero-order valence-electron chi connectivity index (χ0n) is 16.4. The Kier molecular flexibility index (Phi) is 6.24. The number of nitrogens with zero attached hydrogens (tertiary/aromatic N) is 1. The van der Waals surface area contributed by atoms with E-state index in [4.69, 9.17) is 0 Å². The molecule has 0 radical (unpaired) electrons. The van der Waals surface area contributed by atoms with Gasteiger partial charge in [-0.15, -0.1) is 0 Å². The van der Waals surface area contributed by atoms with Crippen molar-refractivity contribution in [3.05, 3.63) is 83.1 Å². The molecule has 2 aromatic carbocycles. The van der Waals surface area contributed by atoms with Crippen molar-refractivity contribution in [2.24, 2.45) is 0 Å². The zero-order valence-corrected chi connectivity index (χ0v) is 16.4. The van der Waals surface area contributed by atoms with Crippen LogP contribution in [0.4, 0.5) is 23.7 Å². The van der Waals surface area contributed by atoms with Crippen molar-refractivity contribution in [3.63, 3.8) is 0 Å². The number of rotatable bonds is 5. The third-order valence-electron chi connectivity index (χ3n) is 4.30. The third-order valence-corrected chi connectivity index (χ3v) is 4.30. The van der Waals surface area contributed by atoms with Crippen LogP contribution in [0.1, 0.15) is 18.1 Å². The van der Waals surface area contributed by atoms with Gasteiger partial charge in [-0.3, -0.25) is 9.59 Å². The maximum Gasteiger partial charge on any atom is 0.416 e. The number of carbonyl (C=O) groups excluding carboxylic acids is 3. The smallest absolute Gasteiger partial charge is 0.325 e. The number of hydrogen-bond acceptors (Lipinski definition) is 3. The minimum absolute atomic E-state index is 0.00144. The second-order valence-corrected chi connectivity index (χ2v) is 6.81. The van der Waals surface area contributed by atoms with Crippen LogP contribution in [0.3, 0.4) is 0 Å². The van der Waals surface area contributed by atoms with Crippen LogP contribution in [0.5, 0.6) is 0 Å². The summed E-state index contributed by atoms with van der Waals surface area (Å²) in [6.45, 7) is 1.11. The van der Waals surface area contributed by atoms with Gasteiger partial charge >= 0.3 is 12.2 Å². The van der Waals surface area contributed by atoms with Gasteiger partial charge in [0.25, 0.3) is 5.91 Å². The number of carbonyl (C=O) groups is 3. The third kappa shape index (κ3) is 5.59. The van der Waals surface area contributed by atoms with E-state index >= 15 is 0 Å². The lowest BCUT2D eigenvalue weighted by molar-refractivity contribution is -0.137. The van der Waals surface area contributed by atoms with Gasteiger partial charge in [-0.05, 0) is 42.3 Å². The van der Waals surface area contributed by atoms with Crippen molar-refractivity contribution in [3.8, 4) is 0 Å². The maximum atomic E-state index is 12.8. The summed E-state index contributed by atoms with van der Waals surface area (Å²) in [5.74, 6) is -1.51. The highest BCUT2D eigenvalue weighted by Crippen LogP contribution is 2.30. The molecule has 0 atom stereocenters. The number of benzene rings is 2. The van der Waals surface area contributed by atoms with Gasteiger partial charge in [0.1, 0.15) is 12.2 Å². The molecule has 0 bridgehead atoms. The minimum atomic E-state index is -4.56. The second-order valence-electron chi connectivity index (χ2n) is 6.81. The first kappa shape index (κ1) is 21.8. The van der Waals surface area contributed by atoms with Crippen molar-refractivity contribution in [2.75, 3.05) is 11.9 Å². The maximum absolute atomic E-state index is 12.8. The number of halogens is 3. The predicted molar refractivity (Wildman–Crippen MR) is 108 cm³/mol. The fraction of sp³-hybridized carbons (Fsp3) is 0.136. The van der Waals surface area contributed by atoms with Gasteiger partial charge in [0.15, 0.2) is 0 Å². The van der Waals surface area contributed by atoms with E-state index in [1.807, 2.05) is 36.4 Å². The highest BCUT2D eigenvalue weighted by Gasteiger charge is 2.35. The first-order valence-electron chi connectivity index (χ1n) is 9.18. The summed E-state index contributed by atoms with van der Waals surface area (Å²) in [5, 5.41) is 4.66. The van der Waals surface area contributed by atoms with Crippen LogP contribution in [0.2, 0.25) is 0 Å². The first-order valence-corrected chi connectivity index (χ1v) is 9.18. The second kappa shape index (κ2) is 8.86. The number of alkyl halides is 3. The molecule has 9 heteroatoms. The van der Waals surface area contributed by atoms with E-state index in [0.717, 1.165) is 23.8 Å². The Balaban J connectivity index is 1.67.